The van der Waals surface area contributed by atoms with Crippen LogP contribution in [0.3, 0.4) is 0 Å². The van der Waals surface area contributed by atoms with Gasteiger partial charge in [0, 0.05) is 11.6 Å². The van der Waals surface area contributed by atoms with E-state index in [-0.39, 0.29) is 0 Å². The lowest BCUT2D eigenvalue weighted by molar-refractivity contribution is 0.118. The van der Waals surface area contributed by atoms with Gasteiger partial charge in [-0.05, 0) is 66.6 Å². The molecule has 1 fully saturated rings. The Morgan fingerprint density at radius 1 is 1.43 bits per heavy atom. The van der Waals surface area contributed by atoms with Gasteiger partial charge in [-0.2, -0.15) is 0 Å². The summed E-state index contributed by atoms with van der Waals surface area (Å²) in [4.78, 5) is 2.68. The maximum absolute atomic E-state index is 3.22. The summed E-state index contributed by atoms with van der Waals surface area (Å²) >= 11 is 0. The zero-order valence-electron chi connectivity index (χ0n) is 10.3. The fraction of sp³-hybridized carbons (Fsp3) is 1.00. The minimum Gasteiger partial charge on any atom is -0.320 e. The Kier molecular flexibility index (Phi) is 4.39. The van der Waals surface area contributed by atoms with Gasteiger partial charge in [-0.25, -0.2) is 0 Å². The third-order valence-corrected chi connectivity index (χ3v) is 3.55. The van der Waals surface area contributed by atoms with Crippen molar-refractivity contribution in [3.63, 3.8) is 0 Å². The summed E-state index contributed by atoms with van der Waals surface area (Å²) in [7, 11) is 2.03. The normalized spacial score (nSPS) is 24.0. The van der Waals surface area contributed by atoms with Gasteiger partial charge in [-0.15, -0.1) is 0 Å². The molecule has 1 aliphatic rings. The first-order valence-corrected chi connectivity index (χ1v) is 5.99. The van der Waals surface area contributed by atoms with Crippen LogP contribution in [0.4, 0.5) is 0 Å². The maximum atomic E-state index is 3.22. The van der Waals surface area contributed by atoms with Crippen molar-refractivity contribution in [1.82, 2.24) is 10.2 Å². The van der Waals surface area contributed by atoms with Crippen molar-refractivity contribution in [2.45, 2.75) is 58.0 Å². The van der Waals surface area contributed by atoms with Crippen LogP contribution in [-0.2, 0) is 0 Å². The molecule has 0 amide bonds. The summed E-state index contributed by atoms with van der Waals surface area (Å²) in [5.74, 6) is 0. The first kappa shape index (κ1) is 12.0. The Bertz CT molecular complexity index is 166. The predicted molar refractivity (Wildman–Crippen MR) is 62.6 cm³/mol. The Hall–Kier alpha value is -0.0800. The van der Waals surface area contributed by atoms with E-state index in [1.807, 2.05) is 7.05 Å². The number of hydrogen-bond acceptors (Lipinski definition) is 2. The minimum atomic E-state index is 0.444. The second kappa shape index (κ2) is 5.13. The lowest BCUT2D eigenvalue weighted by Crippen LogP contribution is -2.44. The quantitative estimate of drug-likeness (QED) is 0.682. The van der Waals surface area contributed by atoms with Crippen LogP contribution >= 0.6 is 0 Å². The second-order valence-electron chi connectivity index (χ2n) is 5.20. The van der Waals surface area contributed by atoms with Crippen LogP contribution < -0.4 is 5.32 Å². The maximum Gasteiger partial charge on any atom is 0.0156 e. The predicted octanol–water partition coefficient (Wildman–Crippen LogP) is 2.25. The fourth-order valence-electron chi connectivity index (χ4n) is 2.68. The highest BCUT2D eigenvalue weighted by molar-refractivity contribution is 4.90. The first-order valence-electron chi connectivity index (χ1n) is 5.99. The molecule has 1 N–H and O–H groups in total. The van der Waals surface area contributed by atoms with Gasteiger partial charge in [-0.1, -0.05) is 0 Å². The molecular formula is C12H26N2. The molecule has 0 saturated carbocycles. The molecule has 2 heteroatoms. The SMILES string of the molecule is CNCCCC(C)N1CCCC1(C)C. The average molecular weight is 198 g/mol. The monoisotopic (exact) mass is 198 g/mol. The summed E-state index contributed by atoms with van der Waals surface area (Å²) in [6.07, 6.45) is 5.36. The molecule has 1 rings (SSSR count). The second-order valence-corrected chi connectivity index (χ2v) is 5.20. The molecule has 0 aliphatic carbocycles. The summed E-state index contributed by atoms with van der Waals surface area (Å²) in [6.45, 7) is 9.60. The molecule has 0 aromatic rings. The molecule has 0 aromatic carbocycles. The Morgan fingerprint density at radius 2 is 2.14 bits per heavy atom. The Morgan fingerprint density at radius 3 is 2.64 bits per heavy atom. The van der Waals surface area contributed by atoms with Crippen LogP contribution in [0.2, 0.25) is 0 Å². The van der Waals surface area contributed by atoms with Crippen molar-refractivity contribution in [3.8, 4) is 0 Å². The molecular weight excluding hydrogens is 172 g/mol. The van der Waals surface area contributed by atoms with Crippen LogP contribution in [0.1, 0.15) is 46.5 Å². The van der Waals surface area contributed by atoms with Crippen molar-refractivity contribution in [2.75, 3.05) is 20.1 Å². The smallest absolute Gasteiger partial charge is 0.0156 e. The van der Waals surface area contributed by atoms with Crippen molar-refractivity contribution in [1.29, 1.82) is 0 Å². The van der Waals surface area contributed by atoms with E-state index in [0.29, 0.717) is 5.54 Å². The van der Waals surface area contributed by atoms with E-state index in [1.54, 1.807) is 0 Å². The van der Waals surface area contributed by atoms with E-state index >= 15 is 0 Å². The lowest BCUT2D eigenvalue weighted by atomic mass is 9.99. The van der Waals surface area contributed by atoms with Crippen LogP contribution in [-0.4, -0.2) is 36.6 Å². The van der Waals surface area contributed by atoms with Crippen LogP contribution in [0, 0.1) is 0 Å². The molecule has 84 valence electrons. The van der Waals surface area contributed by atoms with Gasteiger partial charge in [0.1, 0.15) is 0 Å². The number of rotatable bonds is 5. The van der Waals surface area contributed by atoms with Gasteiger partial charge >= 0.3 is 0 Å². The standard InChI is InChI=1S/C12H26N2/c1-11(7-5-9-13-4)14-10-6-8-12(14,2)3/h11,13H,5-10H2,1-4H3. The van der Waals surface area contributed by atoms with E-state index in [1.165, 1.54) is 32.2 Å². The van der Waals surface area contributed by atoms with Crippen molar-refractivity contribution < 1.29 is 0 Å². The highest BCUT2D eigenvalue weighted by Crippen LogP contribution is 2.31. The zero-order chi connectivity index (χ0) is 10.6. The first-order chi connectivity index (χ1) is 6.58. The van der Waals surface area contributed by atoms with E-state index < -0.39 is 0 Å². The summed E-state index contributed by atoms with van der Waals surface area (Å²) < 4.78 is 0. The minimum absolute atomic E-state index is 0.444. The molecule has 1 saturated heterocycles. The molecule has 2 nitrogen and oxygen atoms in total. The molecule has 0 aromatic heterocycles. The number of likely N-dealkylation sites (tertiary alicyclic amines) is 1. The highest BCUT2D eigenvalue weighted by atomic mass is 15.2. The van der Waals surface area contributed by atoms with Gasteiger partial charge in [0.15, 0.2) is 0 Å². The Balaban J connectivity index is 2.32. The van der Waals surface area contributed by atoms with Gasteiger partial charge in [0.05, 0.1) is 0 Å². The Labute approximate surface area is 89.1 Å². The molecule has 1 aliphatic heterocycles. The third kappa shape index (κ3) is 2.96. The van der Waals surface area contributed by atoms with E-state index in [2.05, 4.69) is 31.0 Å². The largest absolute Gasteiger partial charge is 0.320 e. The zero-order valence-corrected chi connectivity index (χ0v) is 10.3. The lowest BCUT2D eigenvalue weighted by Gasteiger charge is -2.36. The fourth-order valence-corrected chi connectivity index (χ4v) is 2.68. The number of nitrogens with zero attached hydrogens (tertiary/aromatic N) is 1. The molecule has 0 spiro atoms. The highest BCUT2D eigenvalue weighted by Gasteiger charge is 2.34. The topological polar surface area (TPSA) is 15.3 Å². The summed E-state index contributed by atoms with van der Waals surface area (Å²) in [5.41, 5.74) is 0.444. The van der Waals surface area contributed by atoms with Gasteiger partial charge < -0.3 is 5.32 Å². The van der Waals surface area contributed by atoms with Crippen LogP contribution in [0.5, 0.6) is 0 Å². The molecule has 14 heavy (non-hydrogen) atoms. The average Bonchev–Trinajstić information content (AvgIpc) is 2.45. The van der Waals surface area contributed by atoms with Gasteiger partial charge in [0.2, 0.25) is 0 Å². The van der Waals surface area contributed by atoms with Gasteiger partial charge in [-0.3, -0.25) is 4.90 Å². The molecule has 0 bridgehead atoms. The number of hydrogen-bond donors (Lipinski definition) is 1. The van der Waals surface area contributed by atoms with Gasteiger partial charge in [0.25, 0.3) is 0 Å². The summed E-state index contributed by atoms with van der Waals surface area (Å²) in [6, 6.07) is 0.751. The van der Waals surface area contributed by atoms with Crippen molar-refractivity contribution >= 4 is 0 Å². The van der Waals surface area contributed by atoms with Crippen LogP contribution in [0.25, 0.3) is 0 Å². The third-order valence-electron chi connectivity index (χ3n) is 3.55. The van der Waals surface area contributed by atoms with E-state index in [4.69, 9.17) is 0 Å². The van der Waals surface area contributed by atoms with E-state index in [0.717, 1.165) is 12.6 Å². The van der Waals surface area contributed by atoms with Crippen molar-refractivity contribution in [3.05, 3.63) is 0 Å². The molecule has 0 radical (unpaired) electrons. The summed E-state index contributed by atoms with van der Waals surface area (Å²) in [5, 5.41) is 3.22. The molecule has 1 unspecified atom stereocenters. The van der Waals surface area contributed by atoms with Crippen LogP contribution in [0.15, 0.2) is 0 Å². The molecule has 1 heterocycles. The van der Waals surface area contributed by atoms with E-state index in [9.17, 15) is 0 Å². The van der Waals surface area contributed by atoms with Crippen molar-refractivity contribution in [2.24, 2.45) is 0 Å². The molecule has 1 atom stereocenters. The number of nitrogens with one attached hydrogen (secondary N) is 1.